The third-order valence-corrected chi connectivity index (χ3v) is 5.02. The third-order valence-electron chi connectivity index (χ3n) is 5.02. The molecule has 3 rings (SSSR count). The molecular formula is C20H27N5O3. The standard InChI is InChI=1S/C20H27N5O3/c1-13-17(12-21-14-10-19(2,3)23-20(4,5)11-14)18(26)24(22-13)15-6-8-16(9-7-15)25(27)28/h6-9,12,14,22-23H,10-11H2,1-5H3. The van der Waals surface area contributed by atoms with Gasteiger partial charge in [0.05, 0.1) is 22.2 Å². The first kappa shape index (κ1) is 20.0. The maximum Gasteiger partial charge on any atom is 0.280 e. The fourth-order valence-electron chi connectivity index (χ4n) is 4.17. The van der Waals surface area contributed by atoms with Gasteiger partial charge in [-0.15, -0.1) is 0 Å². The number of nitrogens with one attached hydrogen (secondary N) is 2. The van der Waals surface area contributed by atoms with Crippen LogP contribution >= 0.6 is 0 Å². The average Bonchev–Trinajstić information content (AvgIpc) is 2.84. The van der Waals surface area contributed by atoms with Crippen LogP contribution < -0.4 is 10.9 Å². The van der Waals surface area contributed by atoms with Crippen molar-refractivity contribution in [2.75, 3.05) is 0 Å². The van der Waals surface area contributed by atoms with Gasteiger partial charge >= 0.3 is 0 Å². The summed E-state index contributed by atoms with van der Waals surface area (Å²) in [6, 6.07) is 5.99. The zero-order valence-corrected chi connectivity index (χ0v) is 16.9. The molecule has 0 spiro atoms. The molecule has 2 N–H and O–H groups in total. The van der Waals surface area contributed by atoms with Gasteiger partial charge in [-0.1, -0.05) is 0 Å². The smallest absolute Gasteiger partial charge is 0.280 e. The van der Waals surface area contributed by atoms with Gasteiger partial charge in [0.15, 0.2) is 0 Å². The van der Waals surface area contributed by atoms with Crippen LogP contribution in [-0.4, -0.2) is 38.0 Å². The third kappa shape index (κ3) is 4.22. The van der Waals surface area contributed by atoms with Crippen molar-refractivity contribution in [1.29, 1.82) is 0 Å². The van der Waals surface area contributed by atoms with Gasteiger partial charge in [-0.2, -0.15) is 0 Å². The molecule has 0 atom stereocenters. The van der Waals surface area contributed by atoms with E-state index in [1.54, 1.807) is 18.3 Å². The van der Waals surface area contributed by atoms with Crippen LogP contribution in [0.5, 0.6) is 0 Å². The summed E-state index contributed by atoms with van der Waals surface area (Å²) in [6.45, 7) is 10.5. The molecule has 2 heterocycles. The zero-order chi connectivity index (χ0) is 20.7. The lowest BCUT2D eigenvalue weighted by Crippen LogP contribution is -2.58. The quantitative estimate of drug-likeness (QED) is 0.479. The topological polar surface area (TPSA) is 105 Å². The Kier molecular flexibility index (Phi) is 5.01. The lowest BCUT2D eigenvalue weighted by atomic mass is 9.80. The molecule has 28 heavy (non-hydrogen) atoms. The highest BCUT2D eigenvalue weighted by Crippen LogP contribution is 2.30. The number of benzene rings is 1. The van der Waals surface area contributed by atoms with Crippen LogP contribution in [-0.2, 0) is 0 Å². The van der Waals surface area contributed by atoms with E-state index in [2.05, 4.69) is 38.1 Å². The molecule has 8 heteroatoms. The lowest BCUT2D eigenvalue weighted by Gasteiger charge is -2.45. The van der Waals surface area contributed by atoms with Crippen LogP contribution in [0.15, 0.2) is 34.1 Å². The first-order chi connectivity index (χ1) is 13.0. The highest BCUT2D eigenvalue weighted by molar-refractivity contribution is 5.80. The Labute approximate surface area is 163 Å². The number of nitro groups is 1. The van der Waals surface area contributed by atoms with E-state index in [9.17, 15) is 14.9 Å². The summed E-state index contributed by atoms with van der Waals surface area (Å²) in [7, 11) is 0. The van der Waals surface area contributed by atoms with Crippen molar-refractivity contribution >= 4 is 11.9 Å². The van der Waals surface area contributed by atoms with Crippen molar-refractivity contribution in [2.45, 2.75) is 64.6 Å². The van der Waals surface area contributed by atoms with E-state index in [0.29, 0.717) is 16.9 Å². The number of non-ortho nitro benzene ring substituents is 1. The van der Waals surface area contributed by atoms with Gasteiger partial charge in [-0.05, 0) is 59.6 Å². The van der Waals surface area contributed by atoms with Crippen molar-refractivity contribution in [3.63, 3.8) is 0 Å². The van der Waals surface area contributed by atoms with Crippen LogP contribution in [0.4, 0.5) is 5.69 Å². The molecule has 0 saturated carbocycles. The van der Waals surface area contributed by atoms with E-state index >= 15 is 0 Å². The number of hydrogen-bond donors (Lipinski definition) is 2. The van der Waals surface area contributed by atoms with E-state index in [1.807, 2.05) is 6.92 Å². The Morgan fingerprint density at radius 1 is 1.18 bits per heavy atom. The molecule has 2 aromatic rings. The molecule has 1 aliphatic rings. The number of aromatic amines is 1. The fraction of sp³-hybridized carbons (Fsp3) is 0.500. The largest absolute Gasteiger partial charge is 0.307 e. The van der Waals surface area contributed by atoms with E-state index < -0.39 is 4.92 Å². The molecule has 0 radical (unpaired) electrons. The summed E-state index contributed by atoms with van der Waals surface area (Å²) in [6.07, 6.45) is 3.46. The van der Waals surface area contributed by atoms with Crippen molar-refractivity contribution in [1.82, 2.24) is 15.1 Å². The first-order valence-electron chi connectivity index (χ1n) is 9.36. The maximum absolute atomic E-state index is 12.8. The van der Waals surface area contributed by atoms with Gasteiger partial charge in [0.25, 0.3) is 11.2 Å². The summed E-state index contributed by atoms with van der Waals surface area (Å²) in [5.74, 6) is 0. The van der Waals surface area contributed by atoms with Gasteiger partial charge in [0, 0.05) is 35.1 Å². The molecule has 0 bridgehead atoms. The second-order valence-corrected chi connectivity index (χ2v) is 8.80. The van der Waals surface area contributed by atoms with E-state index in [4.69, 9.17) is 4.99 Å². The van der Waals surface area contributed by atoms with Crippen LogP contribution in [0.3, 0.4) is 0 Å². The molecule has 0 aliphatic carbocycles. The molecule has 1 aromatic carbocycles. The summed E-state index contributed by atoms with van der Waals surface area (Å²) in [4.78, 5) is 27.9. The van der Waals surface area contributed by atoms with Crippen LogP contribution in [0.25, 0.3) is 5.69 Å². The summed E-state index contributed by atoms with van der Waals surface area (Å²) >= 11 is 0. The van der Waals surface area contributed by atoms with E-state index in [1.165, 1.54) is 16.8 Å². The average molecular weight is 385 g/mol. The minimum Gasteiger partial charge on any atom is -0.307 e. The van der Waals surface area contributed by atoms with Crippen molar-refractivity contribution < 1.29 is 4.92 Å². The number of aryl methyl sites for hydroxylation is 1. The van der Waals surface area contributed by atoms with Gasteiger partial charge in [-0.25, -0.2) is 4.68 Å². The normalized spacial score (nSPS) is 19.2. The molecule has 1 fully saturated rings. The molecule has 1 aliphatic heterocycles. The summed E-state index contributed by atoms with van der Waals surface area (Å²) in [5, 5.41) is 17.5. The summed E-state index contributed by atoms with van der Waals surface area (Å²) in [5.41, 5.74) is 1.49. The number of piperidine rings is 1. The Hall–Kier alpha value is -2.74. The minimum absolute atomic E-state index is 0.0157. The predicted molar refractivity (Wildman–Crippen MR) is 110 cm³/mol. The number of aromatic nitrogens is 2. The molecule has 1 saturated heterocycles. The van der Waals surface area contributed by atoms with Gasteiger partial charge in [-0.3, -0.25) is 25.0 Å². The Balaban J connectivity index is 1.87. The minimum atomic E-state index is -0.466. The molecule has 0 amide bonds. The maximum atomic E-state index is 12.8. The molecular weight excluding hydrogens is 358 g/mol. The van der Waals surface area contributed by atoms with Gasteiger partial charge in [0.2, 0.25) is 0 Å². The molecule has 0 unspecified atom stereocenters. The number of nitrogens with zero attached hydrogens (tertiary/aromatic N) is 3. The zero-order valence-electron chi connectivity index (χ0n) is 16.9. The number of H-pyrrole nitrogens is 1. The van der Waals surface area contributed by atoms with Crippen LogP contribution in [0.1, 0.15) is 51.8 Å². The Morgan fingerprint density at radius 2 is 1.75 bits per heavy atom. The van der Waals surface area contributed by atoms with Crippen molar-refractivity contribution in [2.24, 2.45) is 4.99 Å². The van der Waals surface area contributed by atoms with Crippen molar-refractivity contribution in [3.05, 3.63) is 56.0 Å². The summed E-state index contributed by atoms with van der Waals surface area (Å²) < 4.78 is 1.39. The predicted octanol–water partition coefficient (Wildman–Crippen LogP) is 3.11. The van der Waals surface area contributed by atoms with Crippen molar-refractivity contribution in [3.8, 4) is 5.69 Å². The highest BCUT2D eigenvalue weighted by Gasteiger charge is 2.37. The fourth-order valence-corrected chi connectivity index (χ4v) is 4.17. The van der Waals surface area contributed by atoms with Crippen LogP contribution in [0.2, 0.25) is 0 Å². The Bertz CT molecular complexity index is 951. The molecule has 8 nitrogen and oxygen atoms in total. The Morgan fingerprint density at radius 3 is 2.29 bits per heavy atom. The number of nitro benzene ring substituents is 1. The number of rotatable bonds is 4. The number of hydrogen-bond acceptors (Lipinski definition) is 5. The lowest BCUT2D eigenvalue weighted by molar-refractivity contribution is -0.384. The SMILES string of the molecule is Cc1[nH]n(-c2ccc([N+](=O)[O-])cc2)c(=O)c1C=NC1CC(C)(C)NC(C)(C)C1. The second kappa shape index (κ2) is 7.01. The van der Waals surface area contributed by atoms with Gasteiger partial charge < -0.3 is 5.32 Å². The van der Waals surface area contributed by atoms with Gasteiger partial charge in [0.1, 0.15) is 0 Å². The highest BCUT2D eigenvalue weighted by atomic mass is 16.6. The monoisotopic (exact) mass is 385 g/mol. The van der Waals surface area contributed by atoms with E-state index in [-0.39, 0.29) is 28.4 Å². The van der Waals surface area contributed by atoms with E-state index in [0.717, 1.165) is 12.8 Å². The van der Waals surface area contributed by atoms with Crippen LogP contribution in [0, 0.1) is 17.0 Å². The second-order valence-electron chi connectivity index (χ2n) is 8.80. The molecule has 150 valence electrons. The molecule has 1 aromatic heterocycles. The first-order valence-corrected chi connectivity index (χ1v) is 9.36. The number of aliphatic imine (C=N–C) groups is 1.